The van der Waals surface area contributed by atoms with Crippen molar-refractivity contribution in [1.29, 1.82) is 0 Å². The van der Waals surface area contributed by atoms with Crippen LogP contribution in [-0.4, -0.2) is 50.0 Å². The number of carbonyl (C=O) groups is 2. The Bertz CT molecular complexity index is 1060. The molecule has 0 heterocycles. The summed E-state index contributed by atoms with van der Waals surface area (Å²) in [5.74, 6) is -0.390. The Morgan fingerprint density at radius 2 is 1.63 bits per heavy atom. The first-order valence-corrected chi connectivity index (χ1v) is 14.2. The van der Waals surface area contributed by atoms with Gasteiger partial charge in [0.1, 0.15) is 6.04 Å². The molecule has 0 saturated heterocycles. The van der Waals surface area contributed by atoms with Crippen LogP contribution >= 0.6 is 11.6 Å². The number of halogens is 1. The third-order valence-corrected chi connectivity index (χ3v) is 7.30. The van der Waals surface area contributed by atoms with Gasteiger partial charge in [-0.25, -0.2) is 8.42 Å². The highest BCUT2D eigenvalue weighted by Crippen LogP contribution is 2.20. The molecule has 0 aliphatic heterocycles. The van der Waals surface area contributed by atoms with Crippen LogP contribution in [0.3, 0.4) is 0 Å². The Hall–Kier alpha value is -2.58. The Morgan fingerprint density at radius 3 is 2.17 bits per heavy atom. The van der Waals surface area contributed by atoms with E-state index in [9.17, 15) is 18.0 Å². The van der Waals surface area contributed by atoms with Crippen molar-refractivity contribution in [3.05, 3.63) is 65.2 Å². The molecule has 7 nitrogen and oxygen atoms in total. The largest absolute Gasteiger partial charge is 0.352 e. The van der Waals surface area contributed by atoms with Crippen LogP contribution in [0.1, 0.15) is 52.0 Å². The van der Waals surface area contributed by atoms with Crippen LogP contribution in [0, 0.1) is 0 Å². The summed E-state index contributed by atoms with van der Waals surface area (Å²) in [6.07, 6.45) is 2.83. The predicted octanol–water partition coefficient (Wildman–Crippen LogP) is 4.61. The summed E-state index contributed by atoms with van der Waals surface area (Å²) >= 11 is 6.01. The Labute approximate surface area is 214 Å². The molecule has 1 N–H and O–H groups in total. The SMILES string of the molecule is CC[C@H](C(=O)N[C@@H](C)CC)N(Cc1ccc(Cl)cc1)C(=O)CCCN(c1ccccc1)S(C)(=O)=O. The first kappa shape index (κ1) is 28.7. The number of anilines is 1. The Kier molecular flexibility index (Phi) is 11.0. The van der Waals surface area contributed by atoms with E-state index in [1.54, 1.807) is 41.3 Å². The quantitative estimate of drug-likeness (QED) is 0.417. The summed E-state index contributed by atoms with van der Waals surface area (Å²) in [6.45, 7) is 6.22. The molecule has 2 aromatic carbocycles. The molecule has 0 fully saturated rings. The second-order valence-corrected chi connectivity index (χ2v) is 11.0. The van der Waals surface area contributed by atoms with Crippen LogP contribution in [0.5, 0.6) is 0 Å². The van der Waals surface area contributed by atoms with Gasteiger partial charge < -0.3 is 10.2 Å². The molecule has 0 aliphatic carbocycles. The number of rotatable bonds is 13. The molecule has 0 aliphatic rings. The second-order valence-electron chi connectivity index (χ2n) is 8.66. The molecule has 35 heavy (non-hydrogen) atoms. The van der Waals surface area contributed by atoms with Crippen molar-refractivity contribution in [2.45, 2.75) is 65.1 Å². The van der Waals surface area contributed by atoms with E-state index in [1.807, 2.05) is 39.0 Å². The Balaban J connectivity index is 2.20. The highest BCUT2D eigenvalue weighted by atomic mass is 35.5. The van der Waals surface area contributed by atoms with Crippen molar-refractivity contribution in [2.24, 2.45) is 0 Å². The van der Waals surface area contributed by atoms with Gasteiger partial charge in [-0.15, -0.1) is 0 Å². The van der Waals surface area contributed by atoms with Gasteiger partial charge in [0, 0.05) is 30.6 Å². The summed E-state index contributed by atoms with van der Waals surface area (Å²) in [7, 11) is -3.51. The minimum atomic E-state index is -3.51. The molecule has 2 aromatic rings. The minimum absolute atomic E-state index is 0.00164. The van der Waals surface area contributed by atoms with E-state index < -0.39 is 16.1 Å². The number of benzene rings is 2. The van der Waals surface area contributed by atoms with E-state index in [4.69, 9.17) is 11.6 Å². The van der Waals surface area contributed by atoms with E-state index in [2.05, 4.69) is 5.32 Å². The van der Waals surface area contributed by atoms with Crippen LogP contribution < -0.4 is 9.62 Å². The molecule has 2 rings (SSSR count). The maximum atomic E-state index is 13.4. The van der Waals surface area contributed by atoms with Gasteiger partial charge >= 0.3 is 0 Å². The molecule has 9 heteroatoms. The number of nitrogens with zero attached hydrogens (tertiary/aromatic N) is 2. The molecular formula is C26H36ClN3O4S. The first-order chi connectivity index (χ1) is 16.6. The summed E-state index contributed by atoms with van der Waals surface area (Å²) in [4.78, 5) is 28.0. The zero-order valence-corrected chi connectivity index (χ0v) is 22.5. The van der Waals surface area contributed by atoms with Gasteiger partial charge in [-0.2, -0.15) is 0 Å². The van der Waals surface area contributed by atoms with Gasteiger partial charge in [-0.3, -0.25) is 13.9 Å². The molecule has 2 amide bonds. The lowest BCUT2D eigenvalue weighted by molar-refractivity contribution is -0.141. The van der Waals surface area contributed by atoms with Gasteiger partial charge in [-0.1, -0.05) is 55.8 Å². The average Bonchev–Trinajstić information content (AvgIpc) is 2.82. The molecule has 192 valence electrons. The summed E-state index contributed by atoms with van der Waals surface area (Å²) in [5, 5.41) is 3.58. The zero-order valence-electron chi connectivity index (χ0n) is 20.9. The minimum Gasteiger partial charge on any atom is -0.352 e. The van der Waals surface area contributed by atoms with E-state index >= 15 is 0 Å². The molecule has 0 saturated carbocycles. The van der Waals surface area contributed by atoms with Crippen molar-refractivity contribution in [2.75, 3.05) is 17.1 Å². The summed E-state index contributed by atoms with van der Waals surface area (Å²) in [5.41, 5.74) is 1.42. The number of nitrogens with one attached hydrogen (secondary N) is 1. The van der Waals surface area contributed by atoms with Gasteiger partial charge in [0.05, 0.1) is 11.9 Å². The maximum Gasteiger partial charge on any atom is 0.243 e. The number of carbonyl (C=O) groups excluding carboxylic acids is 2. The highest BCUT2D eigenvalue weighted by molar-refractivity contribution is 7.92. The molecule has 0 spiro atoms. The summed E-state index contributed by atoms with van der Waals surface area (Å²) in [6, 6.07) is 15.4. The van der Waals surface area contributed by atoms with Crippen molar-refractivity contribution >= 4 is 39.1 Å². The standard InChI is InChI=1S/C26H36ClN3O4S/c1-5-20(3)28-26(32)24(6-2)29(19-21-14-16-22(27)17-15-21)25(31)13-10-18-30(35(4,33)34)23-11-8-7-9-12-23/h7-9,11-12,14-17,20,24H,5-6,10,13,18-19H2,1-4H3,(H,28,32)/t20-,24+/m0/s1. The van der Waals surface area contributed by atoms with Crippen LogP contribution in [0.4, 0.5) is 5.69 Å². The number of para-hydroxylation sites is 1. The smallest absolute Gasteiger partial charge is 0.243 e. The molecule has 0 unspecified atom stereocenters. The van der Waals surface area contributed by atoms with E-state index in [1.165, 1.54) is 4.31 Å². The number of hydrogen-bond donors (Lipinski definition) is 1. The highest BCUT2D eigenvalue weighted by Gasteiger charge is 2.29. The topological polar surface area (TPSA) is 86.8 Å². The third-order valence-electron chi connectivity index (χ3n) is 5.85. The molecule has 0 radical (unpaired) electrons. The van der Waals surface area contributed by atoms with E-state index in [0.29, 0.717) is 23.6 Å². The number of sulfonamides is 1. The Morgan fingerprint density at radius 1 is 1.00 bits per heavy atom. The van der Waals surface area contributed by atoms with Crippen LogP contribution in [0.2, 0.25) is 5.02 Å². The van der Waals surface area contributed by atoms with Crippen LogP contribution in [0.25, 0.3) is 0 Å². The van der Waals surface area contributed by atoms with Crippen molar-refractivity contribution in [3.8, 4) is 0 Å². The fourth-order valence-electron chi connectivity index (χ4n) is 3.75. The molecular weight excluding hydrogens is 486 g/mol. The maximum absolute atomic E-state index is 13.4. The van der Waals surface area contributed by atoms with Crippen molar-refractivity contribution in [1.82, 2.24) is 10.2 Å². The van der Waals surface area contributed by atoms with Crippen molar-refractivity contribution < 1.29 is 18.0 Å². The number of amides is 2. The van der Waals surface area contributed by atoms with Gasteiger partial charge in [-0.05, 0) is 56.0 Å². The third kappa shape index (κ3) is 8.85. The van der Waals surface area contributed by atoms with Crippen LogP contribution in [-0.2, 0) is 26.2 Å². The van der Waals surface area contributed by atoms with Crippen LogP contribution in [0.15, 0.2) is 54.6 Å². The predicted molar refractivity (Wildman–Crippen MR) is 142 cm³/mol. The van der Waals surface area contributed by atoms with Gasteiger partial charge in [0.25, 0.3) is 0 Å². The average molecular weight is 522 g/mol. The lowest BCUT2D eigenvalue weighted by Gasteiger charge is -2.32. The number of hydrogen-bond acceptors (Lipinski definition) is 4. The molecule has 0 aromatic heterocycles. The lowest BCUT2D eigenvalue weighted by atomic mass is 10.1. The van der Waals surface area contributed by atoms with E-state index in [0.717, 1.165) is 18.2 Å². The van der Waals surface area contributed by atoms with E-state index in [-0.39, 0.29) is 37.4 Å². The normalized spacial score (nSPS) is 13.1. The fraction of sp³-hybridized carbons (Fsp3) is 0.462. The summed E-state index contributed by atoms with van der Waals surface area (Å²) < 4.78 is 26.0. The van der Waals surface area contributed by atoms with Crippen molar-refractivity contribution in [3.63, 3.8) is 0 Å². The monoisotopic (exact) mass is 521 g/mol. The first-order valence-electron chi connectivity index (χ1n) is 11.9. The molecule has 0 bridgehead atoms. The van der Waals surface area contributed by atoms with Gasteiger partial charge in [0.2, 0.25) is 21.8 Å². The molecule has 2 atom stereocenters. The second kappa shape index (κ2) is 13.5. The fourth-order valence-corrected chi connectivity index (χ4v) is 4.84. The lowest BCUT2D eigenvalue weighted by Crippen LogP contribution is -2.50. The zero-order chi connectivity index (χ0) is 26.0. The van der Waals surface area contributed by atoms with Gasteiger partial charge in [0.15, 0.2) is 0 Å².